The molecule has 0 radical (unpaired) electrons. The Labute approximate surface area is 152 Å². The van der Waals surface area contributed by atoms with Gasteiger partial charge in [0.15, 0.2) is 5.96 Å². The van der Waals surface area contributed by atoms with Crippen LogP contribution >= 0.6 is 0 Å². The fourth-order valence-electron chi connectivity index (χ4n) is 2.87. The van der Waals surface area contributed by atoms with Crippen LogP contribution in [0.5, 0.6) is 0 Å². The van der Waals surface area contributed by atoms with Crippen LogP contribution in [0.2, 0.25) is 0 Å². The molecule has 1 fully saturated rings. The molecule has 140 valence electrons. The smallest absolute Gasteiger partial charge is 0.225 e. The minimum atomic E-state index is 0.821. The molecule has 0 spiro atoms. The molecule has 7 heteroatoms. The van der Waals surface area contributed by atoms with Crippen LogP contribution in [0.4, 0.5) is 5.95 Å². The van der Waals surface area contributed by atoms with Gasteiger partial charge in [0.2, 0.25) is 5.95 Å². The lowest BCUT2D eigenvalue weighted by Crippen LogP contribution is -2.53. The number of hydrogen-bond acceptors (Lipinski definition) is 5. The fourth-order valence-corrected chi connectivity index (χ4v) is 2.87. The van der Waals surface area contributed by atoms with Crippen LogP contribution in [0.15, 0.2) is 23.5 Å². The van der Waals surface area contributed by atoms with Crippen LogP contribution in [-0.4, -0.2) is 85.1 Å². The Morgan fingerprint density at radius 2 is 1.88 bits per heavy atom. The molecule has 0 aliphatic carbocycles. The first-order valence-electron chi connectivity index (χ1n) is 9.48. The number of aliphatic imine (C=N–C) groups is 1. The van der Waals surface area contributed by atoms with Gasteiger partial charge in [-0.15, -0.1) is 0 Å². The Morgan fingerprint density at radius 1 is 1.16 bits per heavy atom. The number of unbranched alkanes of at least 4 members (excludes halogenated alkanes) is 1. The van der Waals surface area contributed by atoms with Gasteiger partial charge in [-0.05, 0) is 33.0 Å². The first-order chi connectivity index (χ1) is 12.2. The van der Waals surface area contributed by atoms with E-state index in [0.29, 0.717) is 0 Å². The van der Waals surface area contributed by atoms with E-state index in [4.69, 9.17) is 4.99 Å². The third-order valence-corrected chi connectivity index (χ3v) is 4.39. The fraction of sp³-hybridized carbons (Fsp3) is 0.722. The number of anilines is 1. The average molecular weight is 348 g/mol. The molecular weight excluding hydrogens is 314 g/mol. The Morgan fingerprint density at radius 3 is 2.52 bits per heavy atom. The van der Waals surface area contributed by atoms with Crippen LogP contribution in [0.25, 0.3) is 0 Å². The van der Waals surface area contributed by atoms with Crippen molar-refractivity contribution in [2.24, 2.45) is 4.99 Å². The lowest BCUT2D eigenvalue weighted by atomic mass is 10.3. The molecule has 0 unspecified atom stereocenters. The number of nitrogens with zero attached hydrogens (tertiary/aromatic N) is 6. The SMILES string of the molecule is CCCCN(C)CCN=C(NCC)N1CCN(c2ncccn2)CC1. The molecule has 2 heterocycles. The third kappa shape index (κ3) is 6.49. The molecule has 0 saturated carbocycles. The highest BCUT2D eigenvalue weighted by atomic mass is 15.4. The molecule has 1 aliphatic heterocycles. The summed E-state index contributed by atoms with van der Waals surface area (Å²) in [6, 6.07) is 1.85. The molecule has 0 bridgehead atoms. The van der Waals surface area contributed by atoms with E-state index in [1.54, 1.807) is 12.4 Å². The predicted octanol–water partition coefficient (Wildman–Crippen LogP) is 1.30. The first-order valence-corrected chi connectivity index (χ1v) is 9.48. The lowest BCUT2D eigenvalue weighted by molar-refractivity contribution is 0.334. The molecule has 1 aromatic heterocycles. The topological polar surface area (TPSA) is 59.9 Å². The van der Waals surface area contributed by atoms with Gasteiger partial charge in [-0.2, -0.15) is 0 Å². The highest BCUT2D eigenvalue weighted by Gasteiger charge is 2.20. The molecule has 0 amide bonds. The number of nitrogens with one attached hydrogen (secondary N) is 1. The molecule has 1 aliphatic rings. The van der Waals surface area contributed by atoms with E-state index in [1.165, 1.54) is 12.8 Å². The number of hydrogen-bond donors (Lipinski definition) is 1. The van der Waals surface area contributed by atoms with Crippen molar-refractivity contribution in [1.29, 1.82) is 0 Å². The Bertz CT molecular complexity index is 497. The van der Waals surface area contributed by atoms with Gasteiger partial charge in [-0.25, -0.2) is 9.97 Å². The van der Waals surface area contributed by atoms with Gasteiger partial charge < -0.3 is 20.0 Å². The van der Waals surface area contributed by atoms with E-state index < -0.39 is 0 Å². The first kappa shape index (κ1) is 19.4. The molecule has 25 heavy (non-hydrogen) atoms. The number of likely N-dealkylation sites (N-methyl/N-ethyl adjacent to an activating group) is 1. The Hall–Kier alpha value is -1.89. The summed E-state index contributed by atoms with van der Waals surface area (Å²) in [6.07, 6.45) is 6.10. The van der Waals surface area contributed by atoms with Crippen LogP contribution < -0.4 is 10.2 Å². The van der Waals surface area contributed by atoms with Crippen molar-refractivity contribution in [3.63, 3.8) is 0 Å². The maximum atomic E-state index is 4.82. The second kappa shape index (κ2) is 10.9. The zero-order valence-electron chi connectivity index (χ0n) is 16.0. The zero-order chi connectivity index (χ0) is 17.9. The summed E-state index contributed by atoms with van der Waals surface area (Å²) in [4.78, 5) is 20.5. The van der Waals surface area contributed by atoms with Gasteiger partial charge in [0.05, 0.1) is 6.54 Å². The van der Waals surface area contributed by atoms with Crippen molar-refractivity contribution in [2.45, 2.75) is 26.7 Å². The van der Waals surface area contributed by atoms with Crippen molar-refractivity contribution in [3.8, 4) is 0 Å². The minimum absolute atomic E-state index is 0.821. The van der Waals surface area contributed by atoms with Crippen molar-refractivity contribution in [1.82, 2.24) is 25.1 Å². The van der Waals surface area contributed by atoms with Crippen molar-refractivity contribution in [2.75, 3.05) is 64.3 Å². The number of rotatable bonds is 8. The van der Waals surface area contributed by atoms with Gasteiger partial charge in [0.25, 0.3) is 0 Å². The standard InChI is InChI=1S/C18H33N7/c1-4-6-11-23(3)12-10-22-17(19-5-2)24-13-15-25(16-14-24)18-20-8-7-9-21-18/h7-9H,4-6,10-16H2,1-3H3,(H,19,22). The largest absolute Gasteiger partial charge is 0.357 e. The van der Waals surface area contributed by atoms with Gasteiger partial charge >= 0.3 is 0 Å². The Kier molecular flexibility index (Phi) is 8.45. The predicted molar refractivity (Wildman–Crippen MR) is 104 cm³/mol. The summed E-state index contributed by atoms with van der Waals surface area (Å²) in [6.45, 7) is 12.0. The zero-order valence-corrected chi connectivity index (χ0v) is 16.0. The van der Waals surface area contributed by atoms with Gasteiger partial charge in [0.1, 0.15) is 0 Å². The van der Waals surface area contributed by atoms with Crippen molar-refractivity contribution < 1.29 is 0 Å². The number of guanidine groups is 1. The monoisotopic (exact) mass is 347 g/mol. The van der Waals surface area contributed by atoms with Crippen LogP contribution in [0, 0.1) is 0 Å². The normalized spacial score (nSPS) is 15.8. The summed E-state index contributed by atoms with van der Waals surface area (Å²) in [5.41, 5.74) is 0. The number of aromatic nitrogens is 2. The second-order valence-electron chi connectivity index (χ2n) is 6.42. The third-order valence-electron chi connectivity index (χ3n) is 4.39. The molecule has 1 N–H and O–H groups in total. The summed E-state index contributed by atoms with van der Waals surface area (Å²) in [5, 5.41) is 3.43. The van der Waals surface area contributed by atoms with Crippen LogP contribution in [0.1, 0.15) is 26.7 Å². The number of piperazine rings is 1. The lowest BCUT2D eigenvalue weighted by Gasteiger charge is -2.36. The molecule has 1 saturated heterocycles. The highest BCUT2D eigenvalue weighted by molar-refractivity contribution is 5.80. The maximum Gasteiger partial charge on any atom is 0.225 e. The van der Waals surface area contributed by atoms with E-state index in [9.17, 15) is 0 Å². The van der Waals surface area contributed by atoms with Crippen LogP contribution in [0.3, 0.4) is 0 Å². The van der Waals surface area contributed by atoms with Gasteiger partial charge in [-0.3, -0.25) is 4.99 Å². The molecular formula is C18H33N7. The van der Waals surface area contributed by atoms with E-state index in [2.05, 4.69) is 50.9 Å². The quantitative estimate of drug-likeness (QED) is 0.565. The van der Waals surface area contributed by atoms with Gasteiger partial charge in [0, 0.05) is 51.7 Å². The second-order valence-corrected chi connectivity index (χ2v) is 6.42. The summed E-state index contributed by atoms with van der Waals surface area (Å²) < 4.78 is 0. The molecule has 2 rings (SSSR count). The molecule has 0 aromatic carbocycles. The van der Waals surface area contributed by atoms with E-state index in [1.807, 2.05) is 6.07 Å². The van der Waals surface area contributed by atoms with Gasteiger partial charge in [-0.1, -0.05) is 13.3 Å². The maximum absolute atomic E-state index is 4.82. The summed E-state index contributed by atoms with van der Waals surface area (Å²) in [7, 11) is 2.18. The average Bonchev–Trinajstić information content (AvgIpc) is 2.66. The van der Waals surface area contributed by atoms with E-state index >= 15 is 0 Å². The summed E-state index contributed by atoms with van der Waals surface area (Å²) >= 11 is 0. The summed E-state index contributed by atoms with van der Waals surface area (Å²) in [5.74, 6) is 1.85. The van der Waals surface area contributed by atoms with E-state index in [0.717, 1.165) is 64.3 Å². The molecule has 0 atom stereocenters. The minimum Gasteiger partial charge on any atom is -0.357 e. The van der Waals surface area contributed by atoms with E-state index in [-0.39, 0.29) is 0 Å². The molecule has 1 aromatic rings. The highest BCUT2D eigenvalue weighted by Crippen LogP contribution is 2.09. The van der Waals surface area contributed by atoms with Crippen LogP contribution in [-0.2, 0) is 0 Å². The Balaban J connectivity index is 1.83. The van der Waals surface area contributed by atoms with Crippen molar-refractivity contribution >= 4 is 11.9 Å². The van der Waals surface area contributed by atoms with Crippen molar-refractivity contribution in [3.05, 3.63) is 18.5 Å². The molecule has 7 nitrogen and oxygen atoms in total.